The lowest BCUT2D eigenvalue weighted by molar-refractivity contribution is 0.0863. The minimum Gasteiger partial charge on any atom is -0.363 e. The molecule has 1 fully saturated rings. The smallest absolute Gasteiger partial charge is 0.269 e. The van der Waals surface area contributed by atoms with Gasteiger partial charge >= 0.3 is 0 Å². The molecule has 1 N–H and O–H groups in total. The molecule has 2 aromatic rings. The molecule has 4 rings (SSSR count). The molecule has 0 bridgehead atoms. The Labute approximate surface area is 163 Å². The predicted molar refractivity (Wildman–Crippen MR) is 103 cm³/mol. The molecule has 1 aromatic carbocycles. The first-order valence-electron chi connectivity index (χ1n) is 8.92. The molecule has 2 heterocycles. The fourth-order valence-corrected chi connectivity index (χ4v) is 5.00. The fourth-order valence-electron chi connectivity index (χ4n) is 3.16. The molecule has 9 heteroatoms. The second kappa shape index (κ2) is 6.59. The fraction of sp³-hybridized carbons (Fsp3) is 0.316. The zero-order valence-electron chi connectivity index (χ0n) is 15.5. The second-order valence-electron chi connectivity index (χ2n) is 7.15. The first-order valence-corrected chi connectivity index (χ1v) is 10.4. The quantitative estimate of drug-likeness (QED) is 0.814. The van der Waals surface area contributed by atoms with Crippen molar-refractivity contribution in [2.24, 2.45) is 0 Å². The van der Waals surface area contributed by atoms with Crippen LogP contribution in [0.15, 0.2) is 41.4 Å². The van der Waals surface area contributed by atoms with Gasteiger partial charge in [0.2, 0.25) is 0 Å². The van der Waals surface area contributed by atoms with E-state index < -0.39 is 21.8 Å². The number of hydrogen-bond acceptors (Lipinski definition) is 6. The molecule has 0 spiro atoms. The second-order valence-corrected chi connectivity index (χ2v) is 8.93. The largest absolute Gasteiger partial charge is 0.363 e. The highest BCUT2D eigenvalue weighted by atomic mass is 32.2. The average molecular weight is 400 g/mol. The van der Waals surface area contributed by atoms with E-state index in [1.807, 2.05) is 25.1 Å². The highest BCUT2D eigenvalue weighted by Gasteiger charge is 2.48. The van der Waals surface area contributed by atoms with Crippen molar-refractivity contribution in [1.29, 1.82) is 0 Å². The van der Waals surface area contributed by atoms with E-state index in [1.165, 1.54) is 18.2 Å². The van der Waals surface area contributed by atoms with E-state index in [0.29, 0.717) is 12.8 Å². The zero-order valence-corrected chi connectivity index (χ0v) is 16.4. The Kier molecular flexibility index (Phi) is 4.34. The van der Waals surface area contributed by atoms with Crippen LogP contribution in [0.25, 0.3) is 0 Å². The van der Waals surface area contributed by atoms with E-state index in [4.69, 9.17) is 0 Å². The van der Waals surface area contributed by atoms with E-state index >= 15 is 0 Å². The average Bonchev–Trinajstić information content (AvgIpc) is 3.47. The number of hydrogen-bond donors (Lipinski definition) is 1. The third kappa shape index (κ3) is 3.11. The van der Waals surface area contributed by atoms with Gasteiger partial charge in [0.15, 0.2) is 0 Å². The molecule has 0 atom stereocenters. The van der Waals surface area contributed by atoms with E-state index in [1.54, 1.807) is 12.3 Å². The Bertz CT molecular complexity index is 1080. The van der Waals surface area contributed by atoms with Gasteiger partial charge in [-0.05, 0) is 48.7 Å². The summed E-state index contributed by atoms with van der Waals surface area (Å²) in [6, 6.07) is 7.60. The molecule has 2 aliphatic rings. The van der Waals surface area contributed by atoms with Crippen LogP contribution in [-0.2, 0) is 16.6 Å². The minimum atomic E-state index is -3.88. The van der Waals surface area contributed by atoms with Gasteiger partial charge in [-0.15, -0.1) is 0 Å². The number of benzene rings is 1. The maximum Gasteiger partial charge on any atom is 0.269 e. The van der Waals surface area contributed by atoms with Crippen LogP contribution in [0.5, 0.6) is 0 Å². The Balaban J connectivity index is 1.53. The normalized spacial score (nSPS) is 17.4. The lowest BCUT2D eigenvalue weighted by Crippen LogP contribution is -2.32. The number of nitrogens with zero attached hydrogens (tertiary/aromatic N) is 3. The van der Waals surface area contributed by atoms with Gasteiger partial charge in [0.1, 0.15) is 10.7 Å². The van der Waals surface area contributed by atoms with Crippen molar-refractivity contribution in [3.8, 4) is 0 Å². The van der Waals surface area contributed by atoms with Crippen LogP contribution >= 0.6 is 0 Å². The zero-order chi connectivity index (χ0) is 20.1. The lowest BCUT2D eigenvalue weighted by atomic mass is 10.1. The standard InChI is InChI=1S/C19H20N4O4S/c1-22(2)17-9-12(7-8-20-17)11-21-18(24)13-3-6-15-16(10-13)28(26,27)23(19(15)25)14-4-5-14/h3,6-10,14H,4-5,11H2,1-2H3,(H,21,24). The number of carbonyl (C=O) groups excluding carboxylic acids is 2. The number of sulfonamides is 1. The monoisotopic (exact) mass is 400 g/mol. The third-order valence-corrected chi connectivity index (χ3v) is 6.69. The number of carbonyl (C=O) groups is 2. The van der Waals surface area contributed by atoms with E-state index in [-0.39, 0.29) is 28.6 Å². The minimum absolute atomic E-state index is 0.0872. The van der Waals surface area contributed by atoms with Crippen LogP contribution in [0.1, 0.15) is 39.1 Å². The maximum absolute atomic E-state index is 12.7. The number of anilines is 1. The molecule has 0 saturated heterocycles. The molecular formula is C19H20N4O4S. The predicted octanol–water partition coefficient (Wildman–Crippen LogP) is 1.38. The SMILES string of the molecule is CN(C)c1cc(CNC(=O)c2ccc3c(c2)S(=O)(=O)N(C2CC2)C3=O)ccn1. The van der Waals surface area contributed by atoms with Gasteiger partial charge in [-0.25, -0.2) is 17.7 Å². The highest BCUT2D eigenvalue weighted by Crippen LogP contribution is 2.39. The number of fused-ring (bicyclic) bond motifs is 1. The molecule has 8 nitrogen and oxygen atoms in total. The Morgan fingerprint density at radius 3 is 2.68 bits per heavy atom. The summed E-state index contributed by atoms with van der Waals surface area (Å²) in [5, 5.41) is 2.78. The number of amides is 2. The number of rotatable bonds is 5. The molecule has 28 heavy (non-hydrogen) atoms. The molecule has 1 saturated carbocycles. The number of aromatic nitrogens is 1. The molecule has 1 aliphatic carbocycles. The van der Waals surface area contributed by atoms with Crippen LogP contribution in [0.3, 0.4) is 0 Å². The Morgan fingerprint density at radius 2 is 2.00 bits per heavy atom. The van der Waals surface area contributed by atoms with Crippen molar-refractivity contribution >= 4 is 27.7 Å². The van der Waals surface area contributed by atoms with Gasteiger partial charge < -0.3 is 10.2 Å². The molecule has 0 radical (unpaired) electrons. The summed E-state index contributed by atoms with van der Waals surface area (Å²) in [5.41, 5.74) is 1.21. The van der Waals surface area contributed by atoms with Crippen molar-refractivity contribution in [2.45, 2.75) is 30.3 Å². The molecular weight excluding hydrogens is 380 g/mol. The van der Waals surface area contributed by atoms with Crippen LogP contribution in [-0.4, -0.2) is 49.7 Å². The Hall–Kier alpha value is -2.94. The maximum atomic E-state index is 12.7. The van der Waals surface area contributed by atoms with Gasteiger partial charge in [-0.3, -0.25) is 9.59 Å². The molecule has 1 aliphatic heterocycles. The molecule has 0 unspecified atom stereocenters. The summed E-state index contributed by atoms with van der Waals surface area (Å²) in [7, 11) is -0.127. The van der Waals surface area contributed by atoms with Crippen LogP contribution in [0.2, 0.25) is 0 Å². The van der Waals surface area contributed by atoms with Gasteiger partial charge in [0.05, 0.1) is 5.56 Å². The van der Waals surface area contributed by atoms with Crippen molar-refractivity contribution in [3.63, 3.8) is 0 Å². The van der Waals surface area contributed by atoms with Crippen molar-refractivity contribution in [3.05, 3.63) is 53.2 Å². The van der Waals surface area contributed by atoms with Crippen molar-refractivity contribution in [2.75, 3.05) is 19.0 Å². The molecule has 146 valence electrons. The topological polar surface area (TPSA) is 99.7 Å². The summed E-state index contributed by atoms with van der Waals surface area (Å²) in [5.74, 6) is -0.134. The van der Waals surface area contributed by atoms with Gasteiger partial charge in [0.25, 0.3) is 21.8 Å². The summed E-state index contributed by atoms with van der Waals surface area (Å²) < 4.78 is 26.3. The summed E-state index contributed by atoms with van der Waals surface area (Å²) in [6.07, 6.45) is 3.04. The van der Waals surface area contributed by atoms with Crippen LogP contribution in [0, 0.1) is 0 Å². The van der Waals surface area contributed by atoms with E-state index in [9.17, 15) is 18.0 Å². The van der Waals surface area contributed by atoms with Crippen LogP contribution in [0.4, 0.5) is 5.82 Å². The summed E-state index contributed by atoms with van der Waals surface area (Å²) in [6.45, 7) is 0.277. The van der Waals surface area contributed by atoms with Gasteiger partial charge in [-0.2, -0.15) is 0 Å². The lowest BCUT2D eigenvalue weighted by Gasteiger charge is -2.13. The summed E-state index contributed by atoms with van der Waals surface area (Å²) in [4.78, 5) is 30.9. The molecule has 2 amide bonds. The molecule has 1 aromatic heterocycles. The van der Waals surface area contributed by atoms with Crippen molar-refractivity contribution < 1.29 is 18.0 Å². The van der Waals surface area contributed by atoms with Gasteiger partial charge in [-0.1, -0.05) is 0 Å². The first-order chi connectivity index (χ1) is 13.3. The Morgan fingerprint density at radius 1 is 1.25 bits per heavy atom. The van der Waals surface area contributed by atoms with Crippen LogP contribution < -0.4 is 10.2 Å². The van der Waals surface area contributed by atoms with E-state index in [2.05, 4.69) is 10.3 Å². The third-order valence-electron chi connectivity index (χ3n) is 4.81. The van der Waals surface area contributed by atoms with Gasteiger partial charge in [0, 0.05) is 38.4 Å². The number of nitrogens with one attached hydrogen (secondary N) is 1. The highest BCUT2D eigenvalue weighted by molar-refractivity contribution is 7.90. The first kappa shape index (κ1) is 18.4. The summed E-state index contributed by atoms with van der Waals surface area (Å²) >= 11 is 0. The number of pyridine rings is 1. The van der Waals surface area contributed by atoms with E-state index in [0.717, 1.165) is 15.7 Å². The van der Waals surface area contributed by atoms with Crippen molar-refractivity contribution in [1.82, 2.24) is 14.6 Å².